The Morgan fingerprint density at radius 3 is 2.29 bits per heavy atom. The zero-order chi connectivity index (χ0) is 15.7. The third-order valence-corrected chi connectivity index (χ3v) is 3.99. The number of amides is 1. The Morgan fingerprint density at radius 1 is 1.14 bits per heavy atom. The summed E-state index contributed by atoms with van der Waals surface area (Å²) in [5.41, 5.74) is 0.427. The van der Waals surface area contributed by atoms with Crippen molar-refractivity contribution in [3.05, 3.63) is 0 Å². The lowest BCUT2D eigenvalue weighted by Crippen LogP contribution is -2.47. The van der Waals surface area contributed by atoms with Crippen LogP contribution in [-0.2, 0) is 4.79 Å². The average Bonchev–Trinajstić information content (AvgIpc) is 2.38. The molecule has 1 rings (SSSR count). The maximum Gasteiger partial charge on any atom is 0.241 e. The summed E-state index contributed by atoms with van der Waals surface area (Å²) in [7, 11) is 0. The zero-order valence-electron chi connectivity index (χ0n) is 14.1. The number of likely N-dealkylation sites (N-methyl/N-ethyl adjacent to an activating group) is 1. The quantitative estimate of drug-likeness (QED) is 0.473. The fourth-order valence-electron chi connectivity index (χ4n) is 3.01. The highest BCUT2D eigenvalue weighted by Gasteiger charge is 2.37. The van der Waals surface area contributed by atoms with Crippen LogP contribution in [0.4, 0.5) is 0 Å². The summed E-state index contributed by atoms with van der Waals surface area (Å²) in [6, 6.07) is 0. The smallest absolute Gasteiger partial charge is 0.241 e. The highest BCUT2D eigenvalue weighted by atomic mass is 16.1. The van der Waals surface area contributed by atoms with E-state index in [2.05, 4.69) is 34.8 Å². The molecule has 0 bridgehead atoms. The largest absolute Gasteiger partial charge is 0.357 e. The summed E-state index contributed by atoms with van der Waals surface area (Å²) < 4.78 is 0. The van der Waals surface area contributed by atoms with Gasteiger partial charge in [0, 0.05) is 19.6 Å². The van der Waals surface area contributed by atoms with Crippen LogP contribution in [0.15, 0.2) is 4.99 Å². The van der Waals surface area contributed by atoms with Crippen LogP contribution in [0.2, 0.25) is 0 Å². The maximum absolute atomic E-state index is 11.5. The van der Waals surface area contributed by atoms with Gasteiger partial charge in [-0.3, -0.25) is 4.79 Å². The van der Waals surface area contributed by atoms with Gasteiger partial charge in [0.2, 0.25) is 5.91 Å². The number of hydrogen-bond acceptors (Lipinski definition) is 2. The number of carbonyl (C=O) groups is 1. The van der Waals surface area contributed by atoms with Crippen molar-refractivity contribution in [1.82, 2.24) is 16.0 Å². The van der Waals surface area contributed by atoms with Crippen molar-refractivity contribution in [3.63, 3.8) is 0 Å². The predicted molar refractivity (Wildman–Crippen MR) is 88.4 cm³/mol. The lowest BCUT2D eigenvalue weighted by molar-refractivity contribution is -0.119. The van der Waals surface area contributed by atoms with Crippen molar-refractivity contribution in [2.45, 2.75) is 53.4 Å². The second-order valence-electron chi connectivity index (χ2n) is 6.45. The molecule has 1 aliphatic rings. The Kier molecular flexibility index (Phi) is 7.54. The predicted octanol–water partition coefficient (Wildman–Crippen LogP) is 1.89. The third-order valence-electron chi connectivity index (χ3n) is 3.99. The van der Waals surface area contributed by atoms with Crippen molar-refractivity contribution >= 4 is 11.9 Å². The van der Waals surface area contributed by atoms with E-state index in [1.54, 1.807) is 0 Å². The molecule has 1 fully saturated rings. The number of aliphatic imine (C=N–C) groups is 1. The van der Waals surface area contributed by atoms with Crippen LogP contribution in [0.1, 0.15) is 53.4 Å². The van der Waals surface area contributed by atoms with Gasteiger partial charge in [-0.25, -0.2) is 4.99 Å². The third kappa shape index (κ3) is 6.36. The van der Waals surface area contributed by atoms with E-state index in [9.17, 15) is 4.79 Å². The topological polar surface area (TPSA) is 65.5 Å². The fourth-order valence-corrected chi connectivity index (χ4v) is 3.01. The molecule has 0 atom stereocenters. The molecule has 0 aromatic rings. The first-order valence-corrected chi connectivity index (χ1v) is 8.30. The molecule has 0 unspecified atom stereocenters. The van der Waals surface area contributed by atoms with E-state index < -0.39 is 0 Å². The minimum absolute atomic E-state index is 0.0322. The van der Waals surface area contributed by atoms with E-state index in [1.165, 1.54) is 25.7 Å². The second kappa shape index (κ2) is 8.90. The van der Waals surface area contributed by atoms with Crippen LogP contribution in [0.5, 0.6) is 0 Å². The molecule has 5 nitrogen and oxygen atoms in total. The lowest BCUT2D eigenvalue weighted by atomic mass is 9.64. The van der Waals surface area contributed by atoms with Gasteiger partial charge in [-0.15, -0.1) is 0 Å². The highest BCUT2D eigenvalue weighted by molar-refractivity contribution is 5.84. The van der Waals surface area contributed by atoms with E-state index in [4.69, 9.17) is 0 Å². The highest BCUT2D eigenvalue weighted by Crippen LogP contribution is 2.45. The van der Waals surface area contributed by atoms with Crippen LogP contribution in [0.25, 0.3) is 0 Å². The zero-order valence-corrected chi connectivity index (χ0v) is 14.1. The van der Waals surface area contributed by atoms with Gasteiger partial charge in [-0.1, -0.05) is 20.3 Å². The van der Waals surface area contributed by atoms with Crippen molar-refractivity contribution in [2.24, 2.45) is 16.3 Å². The van der Waals surface area contributed by atoms with Crippen molar-refractivity contribution < 1.29 is 4.79 Å². The Bertz CT molecular complexity index is 348. The van der Waals surface area contributed by atoms with Gasteiger partial charge in [-0.2, -0.15) is 0 Å². The standard InChI is InChI=1S/C16H32N4O/c1-5-17-14(21)11-19-15(18-6-2)20-12-16(8-7-9-16)10-13(3)4/h13H,5-12H2,1-4H3,(H,17,21)(H2,18,19,20). The lowest BCUT2D eigenvalue weighted by Gasteiger charge is -2.43. The molecule has 0 aromatic carbocycles. The number of rotatable bonds is 8. The van der Waals surface area contributed by atoms with Gasteiger partial charge in [0.25, 0.3) is 0 Å². The molecule has 0 aliphatic heterocycles. The molecule has 0 saturated heterocycles. The minimum Gasteiger partial charge on any atom is -0.357 e. The van der Waals surface area contributed by atoms with Crippen LogP contribution in [0, 0.1) is 11.3 Å². The summed E-state index contributed by atoms with van der Waals surface area (Å²) in [5.74, 6) is 1.44. The molecule has 1 amide bonds. The van der Waals surface area contributed by atoms with Crippen molar-refractivity contribution in [2.75, 3.05) is 26.2 Å². The first-order valence-electron chi connectivity index (χ1n) is 8.30. The maximum atomic E-state index is 11.5. The molecule has 3 N–H and O–H groups in total. The number of nitrogens with one attached hydrogen (secondary N) is 3. The molecule has 0 aromatic heterocycles. The second-order valence-corrected chi connectivity index (χ2v) is 6.45. The fraction of sp³-hybridized carbons (Fsp3) is 0.875. The number of hydrogen-bond donors (Lipinski definition) is 3. The van der Waals surface area contributed by atoms with Crippen LogP contribution in [0.3, 0.4) is 0 Å². The molecular formula is C16H32N4O. The molecule has 5 heteroatoms. The molecule has 0 radical (unpaired) electrons. The molecule has 1 saturated carbocycles. The Balaban J connectivity index is 2.49. The van der Waals surface area contributed by atoms with Crippen LogP contribution >= 0.6 is 0 Å². The molecule has 1 aliphatic carbocycles. The van der Waals surface area contributed by atoms with Gasteiger partial charge < -0.3 is 16.0 Å². The Hall–Kier alpha value is -1.26. The monoisotopic (exact) mass is 296 g/mol. The van der Waals surface area contributed by atoms with E-state index in [0.29, 0.717) is 12.0 Å². The number of nitrogens with zero attached hydrogens (tertiary/aromatic N) is 1. The summed E-state index contributed by atoms with van der Waals surface area (Å²) in [5, 5.41) is 9.40. The van der Waals surface area contributed by atoms with Crippen molar-refractivity contribution in [3.8, 4) is 0 Å². The Morgan fingerprint density at radius 2 is 1.81 bits per heavy atom. The first kappa shape index (κ1) is 17.8. The summed E-state index contributed by atoms with van der Waals surface area (Å²) in [6.45, 7) is 11.1. The van der Waals surface area contributed by atoms with Gasteiger partial charge in [0.15, 0.2) is 5.96 Å². The SMILES string of the molecule is CCNC(=O)CN=C(NCC)NCC1(CC(C)C)CCC1. The average molecular weight is 296 g/mol. The van der Waals surface area contributed by atoms with E-state index in [1.807, 2.05) is 13.8 Å². The normalized spacial score (nSPS) is 17.3. The summed E-state index contributed by atoms with van der Waals surface area (Å²) in [4.78, 5) is 15.8. The number of guanidine groups is 1. The molecule has 122 valence electrons. The van der Waals surface area contributed by atoms with Gasteiger partial charge in [0.05, 0.1) is 0 Å². The number of carbonyl (C=O) groups excluding carboxylic acids is 1. The van der Waals surface area contributed by atoms with E-state index in [0.717, 1.165) is 25.0 Å². The minimum atomic E-state index is -0.0322. The van der Waals surface area contributed by atoms with Crippen LogP contribution < -0.4 is 16.0 Å². The Labute approximate surface area is 129 Å². The summed E-state index contributed by atoms with van der Waals surface area (Å²) in [6.07, 6.45) is 5.19. The molecular weight excluding hydrogens is 264 g/mol. The van der Waals surface area contributed by atoms with Crippen molar-refractivity contribution in [1.29, 1.82) is 0 Å². The summed E-state index contributed by atoms with van der Waals surface area (Å²) >= 11 is 0. The molecule has 21 heavy (non-hydrogen) atoms. The molecule has 0 heterocycles. The van der Waals surface area contributed by atoms with Crippen LogP contribution in [-0.4, -0.2) is 38.0 Å². The van der Waals surface area contributed by atoms with Gasteiger partial charge >= 0.3 is 0 Å². The first-order chi connectivity index (χ1) is 10.0. The van der Waals surface area contributed by atoms with E-state index in [-0.39, 0.29) is 12.5 Å². The van der Waals surface area contributed by atoms with E-state index >= 15 is 0 Å². The molecule has 0 spiro atoms. The van der Waals surface area contributed by atoms with Gasteiger partial charge in [0.1, 0.15) is 6.54 Å². The van der Waals surface area contributed by atoms with Gasteiger partial charge in [-0.05, 0) is 44.4 Å².